The van der Waals surface area contributed by atoms with Crippen molar-refractivity contribution >= 4 is 39.1 Å². The third-order valence-corrected chi connectivity index (χ3v) is 6.29. The monoisotopic (exact) mass is 371 g/mol. The van der Waals surface area contributed by atoms with Crippen LogP contribution in [0, 0.1) is 5.92 Å². The van der Waals surface area contributed by atoms with E-state index in [1.165, 1.54) is 17.8 Å². The molecule has 0 radical (unpaired) electrons. The van der Waals surface area contributed by atoms with Gasteiger partial charge >= 0.3 is 5.97 Å². The standard InChI is InChI=1S/C15H18BrNO3S/c16-13-8-7-12(21-13)14(18)17-10-4-2-1-3-9(10)5-6-11(17)15(19)20/h7-11H,1-6H2,(H,19,20). The highest BCUT2D eigenvalue weighted by Crippen LogP contribution is 2.39. The number of nitrogens with zero attached hydrogens (tertiary/aromatic N) is 1. The zero-order valence-corrected chi connectivity index (χ0v) is 14.0. The molecule has 1 amide bonds. The van der Waals surface area contributed by atoms with Crippen LogP contribution in [0.25, 0.3) is 0 Å². The Labute approximate surface area is 136 Å². The summed E-state index contributed by atoms with van der Waals surface area (Å²) in [5.74, 6) is -0.514. The van der Waals surface area contributed by atoms with Gasteiger partial charge in [-0.15, -0.1) is 11.3 Å². The fraction of sp³-hybridized carbons (Fsp3) is 0.600. The molecule has 3 atom stereocenters. The van der Waals surface area contributed by atoms with Gasteiger partial charge in [0.15, 0.2) is 0 Å². The van der Waals surface area contributed by atoms with Crippen molar-refractivity contribution in [1.82, 2.24) is 4.90 Å². The maximum Gasteiger partial charge on any atom is 0.326 e. The van der Waals surface area contributed by atoms with Crippen LogP contribution < -0.4 is 0 Å². The molecule has 21 heavy (non-hydrogen) atoms. The van der Waals surface area contributed by atoms with Gasteiger partial charge in [0.1, 0.15) is 6.04 Å². The van der Waals surface area contributed by atoms with Gasteiger partial charge in [-0.05, 0) is 59.7 Å². The van der Waals surface area contributed by atoms with E-state index in [0.717, 1.165) is 29.5 Å². The minimum atomic E-state index is -0.872. The van der Waals surface area contributed by atoms with Crippen molar-refractivity contribution in [2.24, 2.45) is 5.92 Å². The van der Waals surface area contributed by atoms with Crippen molar-refractivity contribution in [2.45, 2.75) is 50.6 Å². The van der Waals surface area contributed by atoms with E-state index in [1.54, 1.807) is 11.0 Å². The number of carboxylic acid groups (broad SMARTS) is 1. The topological polar surface area (TPSA) is 57.6 Å². The first-order valence-corrected chi connectivity index (χ1v) is 8.99. The molecule has 0 spiro atoms. The summed E-state index contributed by atoms with van der Waals surface area (Å²) >= 11 is 4.74. The van der Waals surface area contributed by atoms with Gasteiger partial charge in [-0.1, -0.05) is 12.8 Å². The van der Waals surface area contributed by atoms with Crippen LogP contribution in [0.4, 0.5) is 0 Å². The molecule has 4 nitrogen and oxygen atoms in total. The number of thiophene rings is 1. The van der Waals surface area contributed by atoms with Crippen LogP contribution in [0.1, 0.15) is 48.2 Å². The third kappa shape index (κ3) is 2.88. The summed E-state index contributed by atoms with van der Waals surface area (Å²) < 4.78 is 0.898. The highest BCUT2D eigenvalue weighted by molar-refractivity contribution is 9.11. The lowest BCUT2D eigenvalue weighted by molar-refractivity contribution is -0.146. The molecule has 1 aromatic heterocycles. The molecule has 1 aliphatic heterocycles. The first-order valence-electron chi connectivity index (χ1n) is 7.38. The van der Waals surface area contributed by atoms with E-state index < -0.39 is 12.0 Å². The Morgan fingerprint density at radius 3 is 2.62 bits per heavy atom. The Kier molecular flexibility index (Phi) is 4.36. The molecule has 3 unspecified atom stereocenters. The first-order chi connectivity index (χ1) is 10.1. The van der Waals surface area contributed by atoms with E-state index in [9.17, 15) is 14.7 Å². The Balaban J connectivity index is 1.92. The van der Waals surface area contributed by atoms with Gasteiger partial charge in [-0.25, -0.2) is 4.79 Å². The number of hydrogen-bond acceptors (Lipinski definition) is 3. The second-order valence-corrected chi connectivity index (χ2v) is 8.32. The number of carboxylic acids is 1. The Hall–Kier alpha value is -0.880. The van der Waals surface area contributed by atoms with E-state index in [1.807, 2.05) is 6.07 Å². The van der Waals surface area contributed by atoms with Gasteiger partial charge in [-0.2, -0.15) is 0 Å². The van der Waals surface area contributed by atoms with Crippen LogP contribution in [0.3, 0.4) is 0 Å². The van der Waals surface area contributed by atoms with E-state index in [-0.39, 0.29) is 11.9 Å². The summed E-state index contributed by atoms with van der Waals surface area (Å²) in [5.41, 5.74) is 0. The summed E-state index contributed by atoms with van der Waals surface area (Å²) in [6, 6.07) is 3.05. The van der Waals surface area contributed by atoms with E-state index in [4.69, 9.17) is 0 Å². The van der Waals surface area contributed by atoms with Crippen LogP contribution in [0.2, 0.25) is 0 Å². The smallest absolute Gasteiger partial charge is 0.326 e. The summed E-state index contributed by atoms with van der Waals surface area (Å²) in [6.45, 7) is 0. The maximum atomic E-state index is 12.8. The lowest BCUT2D eigenvalue weighted by atomic mass is 9.76. The fourth-order valence-corrected chi connectivity index (χ4v) is 5.05. The Bertz CT molecular complexity index is 559. The normalized spacial score (nSPS) is 29.0. The predicted molar refractivity (Wildman–Crippen MR) is 84.6 cm³/mol. The number of carbonyl (C=O) groups is 2. The second-order valence-electron chi connectivity index (χ2n) is 5.86. The fourth-order valence-electron chi connectivity index (χ4n) is 3.72. The minimum Gasteiger partial charge on any atom is -0.480 e. The number of rotatable bonds is 2. The zero-order chi connectivity index (χ0) is 15.0. The number of hydrogen-bond donors (Lipinski definition) is 1. The summed E-state index contributed by atoms with van der Waals surface area (Å²) in [6.07, 6.45) is 5.85. The van der Waals surface area contributed by atoms with Gasteiger partial charge in [0.25, 0.3) is 5.91 Å². The van der Waals surface area contributed by atoms with Crippen LogP contribution in [-0.4, -0.2) is 34.0 Å². The van der Waals surface area contributed by atoms with Crippen molar-refractivity contribution in [1.29, 1.82) is 0 Å². The van der Waals surface area contributed by atoms with Crippen LogP contribution in [0.5, 0.6) is 0 Å². The molecule has 2 aliphatic rings. The van der Waals surface area contributed by atoms with Gasteiger partial charge < -0.3 is 10.0 Å². The maximum absolute atomic E-state index is 12.8. The molecule has 3 rings (SSSR count). The minimum absolute atomic E-state index is 0.0991. The highest BCUT2D eigenvalue weighted by atomic mass is 79.9. The molecule has 2 heterocycles. The number of fused-ring (bicyclic) bond motifs is 1. The molecule has 1 saturated heterocycles. The lowest BCUT2D eigenvalue weighted by Crippen LogP contribution is -2.57. The molecule has 2 fully saturated rings. The largest absolute Gasteiger partial charge is 0.480 e. The van der Waals surface area contributed by atoms with E-state index in [2.05, 4.69) is 15.9 Å². The van der Waals surface area contributed by atoms with Gasteiger partial charge in [-0.3, -0.25) is 4.79 Å². The Morgan fingerprint density at radius 1 is 1.19 bits per heavy atom. The average molecular weight is 372 g/mol. The van der Waals surface area contributed by atoms with Crippen molar-refractivity contribution in [3.05, 3.63) is 20.8 Å². The van der Waals surface area contributed by atoms with Gasteiger partial charge in [0.2, 0.25) is 0 Å². The van der Waals surface area contributed by atoms with E-state index >= 15 is 0 Å². The van der Waals surface area contributed by atoms with Crippen molar-refractivity contribution in [3.63, 3.8) is 0 Å². The Morgan fingerprint density at radius 2 is 1.95 bits per heavy atom. The third-order valence-electron chi connectivity index (χ3n) is 4.68. The number of amides is 1. The first kappa shape index (κ1) is 15.0. The van der Waals surface area contributed by atoms with Gasteiger partial charge in [0, 0.05) is 6.04 Å². The summed E-state index contributed by atoms with van der Waals surface area (Å²) in [5, 5.41) is 9.50. The molecule has 1 saturated carbocycles. The molecule has 114 valence electrons. The zero-order valence-electron chi connectivity index (χ0n) is 11.6. The molecule has 1 N–H and O–H groups in total. The number of likely N-dealkylation sites (tertiary alicyclic amines) is 1. The predicted octanol–water partition coefficient (Wildman–Crippen LogP) is 3.76. The van der Waals surface area contributed by atoms with Crippen LogP contribution in [-0.2, 0) is 4.79 Å². The van der Waals surface area contributed by atoms with Crippen molar-refractivity contribution in [2.75, 3.05) is 0 Å². The van der Waals surface area contributed by atoms with Crippen molar-refractivity contribution < 1.29 is 14.7 Å². The van der Waals surface area contributed by atoms with Crippen LogP contribution >= 0.6 is 27.3 Å². The molecule has 0 aromatic carbocycles. The SMILES string of the molecule is O=C(O)C1CCC2CCCCC2N1C(=O)c1ccc(Br)s1. The van der Waals surface area contributed by atoms with Crippen LogP contribution in [0.15, 0.2) is 15.9 Å². The summed E-state index contributed by atoms with van der Waals surface area (Å²) in [4.78, 5) is 26.7. The number of halogens is 1. The quantitative estimate of drug-likeness (QED) is 0.860. The molecular formula is C15H18BrNO3S. The van der Waals surface area contributed by atoms with E-state index in [0.29, 0.717) is 17.2 Å². The second kappa shape index (κ2) is 6.08. The number of carbonyl (C=O) groups excluding carboxylic acids is 1. The number of aliphatic carboxylic acids is 1. The average Bonchev–Trinajstić information content (AvgIpc) is 2.91. The summed E-state index contributed by atoms with van der Waals surface area (Å²) in [7, 11) is 0. The highest BCUT2D eigenvalue weighted by Gasteiger charge is 2.44. The molecule has 1 aromatic rings. The van der Waals surface area contributed by atoms with Gasteiger partial charge in [0.05, 0.1) is 8.66 Å². The van der Waals surface area contributed by atoms with Crippen molar-refractivity contribution in [3.8, 4) is 0 Å². The number of piperidine rings is 1. The molecular weight excluding hydrogens is 354 g/mol. The molecule has 0 bridgehead atoms. The lowest BCUT2D eigenvalue weighted by Gasteiger charge is -2.47. The molecule has 1 aliphatic carbocycles. The molecule has 6 heteroatoms.